The number of nitrogens with one attached hydrogen (secondary N) is 3. The van der Waals surface area contributed by atoms with Gasteiger partial charge in [0.05, 0.1) is 17.0 Å². The van der Waals surface area contributed by atoms with E-state index in [4.69, 9.17) is 11.6 Å². The van der Waals surface area contributed by atoms with Crippen molar-refractivity contribution in [3.8, 4) is 0 Å². The lowest BCUT2D eigenvalue weighted by molar-refractivity contribution is -0.115. The van der Waals surface area contributed by atoms with Crippen molar-refractivity contribution in [2.45, 2.75) is 20.3 Å². The number of hydrogen-bond acceptors (Lipinski definition) is 4. The Balaban J connectivity index is 1.87. The van der Waals surface area contributed by atoms with Crippen LogP contribution < -0.4 is 16.1 Å². The minimum Gasteiger partial charge on any atom is -0.326 e. The lowest BCUT2D eigenvalue weighted by Gasteiger charge is -2.07. The summed E-state index contributed by atoms with van der Waals surface area (Å²) in [6, 6.07) is 13.3. The van der Waals surface area contributed by atoms with Crippen molar-refractivity contribution in [3.05, 3.63) is 59.1 Å². The molecule has 0 saturated heterocycles. The van der Waals surface area contributed by atoms with Crippen LogP contribution in [0.5, 0.6) is 0 Å². The van der Waals surface area contributed by atoms with E-state index in [0.29, 0.717) is 27.7 Å². The highest BCUT2D eigenvalue weighted by Crippen LogP contribution is 2.15. The van der Waals surface area contributed by atoms with Gasteiger partial charge in [0, 0.05) is 24.0 Å². The van der Waals surface area contributed by atoms with Gasteiger partial charge >= 0.3 is 0 Å². The minimum absolute atomic E-state index is 0.0102. The number of carbonyl (C=O) groups excluding carboxylic acids is 3. The lowest BCUT2D eigenvalue weighted by Crippen LogP contribution is -2.21. The van der Waals surface area contributed by atoms with Gasteiger partial charge in [-0.1, -0.05) is 23.7 Å². The molecule has 0 saturated carbocycles. The lowest BCUT2D eigenvalue weighted by atomic mass is 10.2. The van der Waals surface area contributed by atoms with Crippen LogP contribution in [-0.4, -0.2) is 23.4 Å². The third kappa shape index (κ3) is 6.56. The number of hydrazone groups is 1. The predicted octanol–water partition coefficient (Wildman–Crippen LogP) is 3.43. The average Bonchev–Trinajstić information content (AvgIpc) is 2.61. The van der Waals surface area contributed by atoms with Gasteiger partial charge in [0.1, 0.15) is 0 Å². The summed E-state index contributed by atoms with van der Waals surface area (Å²) in [6.07, 6.45) is 0.0102. The maximum absolute atomic E-state index is 12.1. The van der Waals surface area contributed by atoms with E-state index in [2.05, 4.69) is 21.2 Å². The van der Waals surface area contributed by atoms with Crippen LogP contribution in [0, 0.1) is 0 Å². The van der Waals surface area contributed by atoms with Crippen LogP contribution in [0.25, 0.3) is 0 Å². The van der Waals surface area contributed by atoms with Crippen molar-refractivity contribution in [1.82, 2.24) is 5.43 Å². The fraction of sp³-hybridized carbons (Fsp3) is 0.158. The standard InChI is InChI=1S/C19H19ClN4O3/c1-12(23-24-19(27)16-5-3-4-6-17(16)20)11-18(26)22-15-9-7-14(8-10-15)21-13(2)25/h3-10H,11H2,1-2H3,(H,21,25)(H,22,26)(H,24,27). The number of carbonyl (C=O) groups is 3. The van der Waals surface area contributed by atoms with Crippen LogP contribution >= 0.6 is 11.6 Å². The zero-order valence-corrected chi connectivity index (χ0v) is 15.6. The normalized spacial score (nSPS) is 10.9. The molecule has 2 aromatic rings. The summed E-state index contributed by atoms with van der Waals surface area (Å²) < 4.78 is 0. The van der Waals surface area contributed by atoms with Gasteiger partial charge in [0.15, 0.2) is 0 Å². The van der Waals surface area contributed by atoms with E-state index in [0.717, 1.165) is 0 Å². The molecule has 0 aliphatic heterocycles. The topological polar surface area (TPSA) is 99.7 Å². The third-order valence-electron chi connectivity index (χ3n) is 3.37. The molecule has 0 aliphatic carbocycles. The number of anilines is 2. The average molecular weight is 387 g/mol. The predicted molar refractivity (Wildman–Crippen MR) is 106 cm³/mol. The van der Waals surface area contributed by atoms with E-state index in [1.807, 2.05) is 0 Å². The number of amides is 3. The van der Waals surface area contributed by atoms with E-state index >= 15 is 0 Å². The van der Waals surface area contributed by atoms with Crippen molar-refractivity contribution in [2.75, 3.05) is 10.6 Å². The Kier molecular flexibility index (Phi) is 7.08. The molecule has 8 heteroatoms. The second kappa shape index (κ2) is 9.49. The van der Waals surface area contributed by atoms with Crippen molar-refractivity contribution in [3.63, 3.8) is 0 Å². The molecule has 0 fully saturated rings. The summed E-state index contributed by atoms with van der Waals surface area (Å²) in [5, 5.41) is 9.60. The Morgan fingerprint density at radius 2 is 1.52 bits per heavy atom. The summed E-state index contributed by atoms with van der Waals surface area (Å²) >= 11 is 5.95. The largest absolute Gasteiger partial charge is 0.326 e. The monoisotopic (exact) mass is 386 g/mol. The fourth-order valence-electron chi connectivity index (χ4n) is 2.17. The Hall–Kier alpha value is -3.19. The highest BCUT2D eigenvalue weighted by Gasteiger charge is 2.09. The molecule has 0 unspecified atom stereocenters. The maximum Gasteiger partial charge on any atom is 0.272 e. The van der Waals surface area contributed by atoms with Gasteiger partial charge in [0.2, 0.25) is 11.8 Å². The molecule has 3 amide bonds. The Morgan fingerprint density at radius 3 is 2.11 bits per heavy atom. The molecule has 0 heterocycles. The first-order valence-corrected chi connectivity index (χ1v) is 8.48. The number of nitrogens with zero attached hydrogens (tertiary/aromatic N) is 1. The molecule has 0 bridgehead atoms. The molecule has 3 N–H and O–H groups in total. The SMILES string of the molecule is CC(=O)Nc1ccc(NC(=O)CC(C)=NNC(=O)c2ccccc2Cl)cc1. The van der Waals surface area contributed by atoms with E-state index < -0.39 is 5.91 Å². The molecule has 0 radical (unpaired) electrons. The van der Waals surface area contributed by atoms with Gasteiger partial charge < -0.3 is 10.6 Å². The zero-order valence-electron chi connectivity index (χ0n) is 14.9. The molecular weight excluding hydrogens is 368 g/mol. The smallest absolute Gasteiger partial charge is 0.272 e. The fourth-order valence-corrected chi connectivity index (χ4v) is 2.39. The van der Waals surface area contributed by atoms with E-state index in [-0.39, 0.29) is 18.2 Å². The number of halogens is 1. The summed E-state index contributed by atoms with van der Waals surface area (Å²) in [4.78, 5) is 35.1. The number of benzene rings is 2. The summed E-state index contributed by atoms with van der Waals surface area (Å²) in [6.45, 7) is 3.05. The number of hydrogen-bond donors (Lipinski definition) is 3. The molecule has 0 atom stereocenters. The van der Waals surface area contributed by atoms with Gasteiger partial charge in [-0.25, -0.2) is 5.43 Å². The molecule has 0 spiro atoms. The van der Waals surface area contributed by atoms with Crippen molar-refractivity contribution < 1.29 is 14.4 Å². The zero-order chi connectivity index (χ0) is 19.8. The van der Waals surface area contributed by atoms with Crippen LogP contribution in [-0.2, 0) is 9.59 Å². The highest BCUT2D eigenvalue weighted by molar-refractivity contribution is 6.33. The van der Waals surface area contributed by atoms with Gasteiger partial charge in [-0.15, -0.1) is 0 Å². The van der Waals surface area contributed by atoms with Crippen molar-refractivity contribution >= 4 is 46.4 Å². The van der Waals surface area contributed by atoms with E-state index in [9.17, 15) is 14.4 Å². The quantitative estimate of drug-likeness (QED) is 0.523. The Morgan fingerprint density at radius 1 is 0.926 bits per heavy atom. The molecular formula is C19H19ClN4O3. The van der Waals surface area contributed by atoms with Gasteiger partial charge in [-0.3, -0.25) is 14.4 Å². The second-order valence-electron chi connectivity index (χ2n) is 5.75. The van der Waals surface area contributed by atoms with E-state index in [1.165, 1.54) is 6.92 Å². The molecule has 0 aliphatic rings. The molecule has 2 rings (SSSR count). The van der Waals surface area contributed by atoms with Crippen LogP contribution in [0.15, 0.2) is 53.6 Å². The second-order valence-corrected chi connectivity index (χ2v) is 6.16. The molecule has 140 valence electrons. The minimum atomic E-state index is -0.450. The first-order valence-electron chi connectivity index (χ1n) is 8.10. The number of rotatable bonds is 6. The van der Waals surface area contributed by atoms with Crippen molar-refractivity contribution in [1.29, 1.82) is 0 Å². The van der Waals surface area contributed by atoms with Gasteiger partial charge in [-0.05, 0) is 43.3 Å². The molecule has 7 nitrogen and oxygen atoms in total. The summed E-state index contributed by atoms with van der Waals surface area (Å²) in [7, 11) is 0. The van der Waals surface area contributed by atoms with Gasteiger partial charge in [-0.2, -0.15) is 5.10 Å². The third-order valence-corrected chi connectivity index (χ3v) is 3.70. The Bertz CT molecular complexity index is 879. The summed E-state index contributed by atoms with van der Waals surface area (Å²) in [5.41, 5.74) is 4.34. The highest BCUT2D eigenvalue weighted by atomic mass is 35.5. The maximum atomic E-state index is 12.1. The van der Waals surface area contributed by atoms with Crippen LogP contribution in [0.4, 0.5) is 11.4 Å². The molecule has 0 aromatic heterocycles. The van der Waals surface area contributed by atoms with Gasteiger partial charge in [0.25, 0.3) is 5.91 Å². The summed E-state index contributed by atoms with van der Waals surface area (Å²) in [5.74, 6) is -0.901. The van der Waals surface area contributed by atoms with Crippen LogP contribution in [0.3, 0.4) is 0 Å². The molecule has 27 heavy (non-hydrogen) atoms. The first kappa shape index (κ1) is 20.1. The van der Waals surface area contributed by atoms with Crippen LogP contribution in [0.1, 0.15) is 30.6 Å². The first-order chi connectivity index (χ1) is 12.8. The Labute approximate surface area is 161 Å². The van der Waals surface area contributed by atoms with Crippen LogP contribution in [0.2, 0.25) is 5.02 Å². The van der Waals surface area contributed by atoms with Crippen molar-refractivity contribution in [2.24, 2.45) is 5.10 Å². The molecule has 2 aromatic carbocycles. The van der Waals surface area contributed by atoms with E-state index in [1.54, 1.807) is 55.5 Å².